The molecular weight excluding hydrogens is 186 g/mol. The fourth-order valence-electron chi connectivity index (χ4n) is 1.00. The lowest BCUT2D eigenvalue weighted by Gasteiger charge is -1.95. The molecule has 1 aromatic heterocycles. The van der Waals surface area contributed by atoms with E-state index in [1.807, 2.05) is 6.92 Å². The highest BCUT2D eigenvalue weighted by Gasteiger charge is 2.12. The van der Waals surface area contributed by atoms with Gasteiger partial charge < -0.3 is 5.11 Å². The third kappa shape index (κ3) is 2.52. The quantitative estimate of drug-likeness (QED) is 0.811. The van der Waals surface area contributed by atoms with Crippen molar-refractivity contribution >= 4 is 17.3 Å². The molecule has 0 aromatic carbocycles. The van der Waals surface area contributed by atoms with Gasteiger partial charge in [0.05, 0.1) is 17.1 Å². The van der Waals surface area contributed by atoms with Gasteiger partial charge in [0.1, 0.15) is 0 Å². The number of thiazole rings is 1. The van der Waals surface area contributed by atoms with Gasteiger partial charge in [-0.2, -0.15) is 0 Å². The molecule has 0 spiro atoms. The second-order valence-electron chi connectivity index (χ2n) is 3.28. The van der Waals surface area contributed by atoms with Crippen LogP contribution in [0.4, 0.5) is 0 Å². The highest BCUT2D eigenvalue weighted by molar-refractivity contribution is 7.11. The largest absolute Gasteiger partial charge is 0.481 e. The van der Waals surface area contributed by atoms with Crippen LogP contribution in [0.15, 0.2) is 0 Å². The van der Waals surface area contributed by atoms with Crippen molar-refractivity contribution in [1.29, 1.82) is 0 Å². The summed E-state index contributed by atoms with van der Waals surface area (Å²) in [6.45, 7) is 6.04. The van der Waals surface area contributed by atoms with Gasteiger partial charge in [-0.15, -0.1) is 11.3 Å². The van der Waals surface area contributed by atoms with Crippen LogP contribution >= 0.6 is 11.3 Å². The molecule has 1 aromatic rings. The Morgan fingerprint density at radius 1 is 1.62 bits per heavy atom. The summed E-state index contributed by atoms with van der Waals surface area (Å²) in [6, 6.07) is 0. The summed E-state index contributed by atoms with van der Waals surface area (Å²) in [5.74, 6) is -0.435. The Kier molecular flexibility index (Phi) is 3.03. The molecule has 0 atom stereocenters. The van der Waals surface area contributed by atoms with Gasteiger partial charge >= 0.3 is 5.97 Å². The molecule has 0 unspecified atom stereocenters. The highest BCUT2D eigenvalue weighted by Crippen LogP contribution is 2.24. The SMILES string of the molecule is Cc1sc(C(C)C)nc1CC(=O)O. The first-order valence-electron chi connectivity index (χ1n) is 4.18. The first-order valence-corrected chi connectivity index (χ1v) is 5.00. The Morgan fingerprint density at radius 3 is 2.62 bits per heavy atom. The minimum absolute atomic E-state index is 0.0368. The van der Waals surface area contributed by atoms with Crippen molar-refractivity contribution in [2.24, 2.45) is 0 Å². The van der Waals surface area contributed by atoms with Crippen molar-refractivity contribution in [3.05, 3.63) is 15.6 Å². The molecule has 0 aliphatic rings. The molecule has 0 fully saturated rings. The number of carbonyl (C=O) groups is 1. The molecule has 3 nitrogen and oxygen atoms in total. The third-order valence-corrected chi connectivity index (χ3v) is 3.04. The number of aromatic nitrogens is 1. The molecule has 1 rings (SSSR count). The molecule has 1 heterocycles. The van der Waals surface area contributed by atoms with Crippen LogP contribution in [-0.2, 0) is 11.2 Å². The average Bonchev–Trinajstić information content (AvgIpc) is 2.31. The van der Waals surface area contributed by atoms with Gasteiger partial charge in [0.15, 0.2) is 0 Å². The first kappa shape index (κ1) is 10.2. The molecule has 0 saturated carbocycles. The van der Waals surface area contributed by atoms with Crippen LogP contribution in [0, 0.1) is 6.92 Å². The van der Waals surface area contributed by atoms with Crippen LogP contribution in [0.5, 0.6) is 0 Å². The van der Waals surface area contributed by atoms with Crippen molar-refractivity contribution in [3.8, 4) is 0 Å². The van der Waals surface area contributed by atoms with Gasteiger partial charge in [-0.25, -0.2) is 4.98 Å². The smallest absolute Gasteiger partial charge is 0.309 e. The van der Waals surface area contributed by atoms with E-state index in [2.05, 4.69) is 18.8 Å². The molecule has 4 heteroatoms. The Bertz CT molecular complexity index is 317. The molecule has 1 N–H and O–H groups in total. The Hall–Kier alpha value is -0.900. The lowest BCUT2D eigenvalue weighted by atomic mass is 10.2. The number of aryl methyl sites for hydroxylation is 1. The van der Waals surface area contributed by atoms with E-state index in [0.717, 1.165) is 9.88 Å². The maximum atomic E-state index is 10.5. The summed E-state index contributed by atoms with van der Waals surface area (Å²) in [5.41, 5.74) is 0.709. The zero-order valence-electron chi connectivity index (χ0n) is 8.00. The van der Waals surface area contributed by atoms with E-state index in [9.17, 15) is 4.79 Å². The topological polar surface area (TPSA) is 50.2 Å². The van der Waals surface area contributed by atoms with E-state index >= 15 is 0 Å². The van der Waals surface area contributed by atoms with Crippen LogP contribution < -0.4 is 0 Å². The van der Waals surface area contributed by atoms with Crippen LogP contribution in [-0.4, -0.2) is 16.1 Å². The Labute approximate surface area is 81.4 Å². The molecule has 0 saturated heterocycles. The maximum Gasteiger partial charge on any atom is 0.309 e. The van der Waals surface area contributed by atoms with Crippen molar-refractivity contribution in [2.45, 2.75) is 33.1 Å². The summed E-state index contributed by atoms with van der Waals surface area (Å²) < 4.78 is 0. The van der Waals surface area contributed by atoms with E-state index in [1.165, 1.54) is 0 Å². The van der Waals surface area contributed by atoms with Crippen molar-refractivity contribution in [3.63, 3.8) is 0 Å². The van der Waals surface area contributed by atoms with Crippen LogP contribution in [0.2, 0.25) is 0 Å². The Balaban J connectivity index is 2.89. The zero-order chi connectivity index (χ0) is 10.0. The predicted molar refractivity (Wildman–Crippen MR) is 52.3 cm³/mol. The minimum Gasteiger partial charge on any atom is -0.481 e. The zero-order valence-corrected chi connectivity index (χ0v) is 8.81. The number of nitrogens with zero attached hydrogens (tertiary/aromatic N) is 1. The van der Waals surface area contributed by atoms with Crippen molar-refractivity contribution < 1.29 is 9.90 Å². The highest BCUT2D eigenvalue weighted by atomic mass is 32.1. The number of aliphatic carboxylic acids is 1. The van der Waals surface area contributed by atoms with Gasteiger partial charge in [0.25, 0.3) is 0 Å². The fraction of sp³-hybridized carbons (Fsp3) is 0.556. The molecule has 13 heavy (non-hydrogen) atoms. The molecule has 72 valence electrons. The number of hydrogen-bond donors (Lipinski definition) is 1. The van der Waals surface area contributed by atoms with Crippen LogP contribution in [0.25, 0.3) is 0 Å². The summed E-state index contributed by atoms with van der Waals surface area (Å²) in [7, 11) is 0. The molecule has 0 amide bonds. The third-order valence-electron chi connectivity index (χ3n) is 1.72. The standard InChI is InChI=1S/C9H13NO2S/c1-5(2)9-10-7(4-8(11)12)6(3)13-9/h5H,4H2,1-3H3,(H,11,12). The van der Waals surface area contributed by atoms with Gasteiger partial charge in [0.2, 0.25) is 0 Å². The molecule has 0 bridgehead atoms. The molecule has 0 aliphatic carbocycles. The van der Waals surface area contributed by atoms with Crippen molar-refractivity contribution in [2.75, 3.05) is 0 Å². The Morgan fingerprint density at radius 2 is 2.23 bits per heavy atom. The summed E-state index contributed by atoms with van der Waals surface area (Å²) in [5, 5.41) is 9.63. The first-order chi connectivity index (χ1) is 6.00. The lowest BCUT2D eigenvalue weighted by molar-refractivity contribution is -0.136. The van der Waals surface area contributed by atoms with Gasteiger partial charge in [-0.05, 0) is 6.92 Å². The number of carboxylic acids is 1. The summed E-state index contributed by atoms with van der Waals surface area (Å²) in [4.78, 5) is 15.8. The normalized spacial score (nSPS) is 10.8. The number of rotatable bonds is 3. The van der Waals surface area contributed by atoms with E-state index in [4.69, 9.17) is 5.11 Å². The van der Waals surface area contributed by atoms with E-state index in [0.29, 0.717) is 11.6 Å². The average molecular weight is 199 g/mol. The molecular formula is C9H13NO2S. The number of carboxylic acid groups (broad SMARTS) is 1. The van der Waals surface area contributed by atoms with Crippen LogP contribution in [0.3, 0.4) is 0 Å². The predicted octanol–water partition coefficient (Wildman–Crippen LogP) is 2.20. The summed E-state index contributed by atoms with van der Waals surface area (Å²) >= 11 is 1.59. The van der Waals surface area contributed by atoms with E-state index < -0.39 is 5.97 Å². The molecule has 0 radical (unpaired) electrons. The van der Waals surface area contributed by atoms with E-state index in [1.54, 1.807) is 11.3 Å². The monoisotopic (exact) mass is 199 g/mol. The molecule has 0 aliphatic heterocycles. The van der Waals surface area contributed by atoms with Gasteiger partial charge in [-0.3, -0.25) is 4.79 Å². The second kappa shape index (κ2) is 3.87. The fourth-order valence-corrected chi connectivity index (χ4v) is 1.95. The minimum atomic E-state index is -0.816. The van der Waals surface area contributed by atoms with Crippen molar-refractivity contribution in [1.82, 2.24) is 4.98 Å². The lowest BCUT2D eigenvalue weighted by Crippen LogP contribution is -2.01. The van der Waals surface area contributed by atoms with Gasteiger partial charge in [-0.1, -0.05) is 13.8 Å². The second-order valence-corrected chi connectivity index (χ2v) is 4.51. The summed E-state index contributed by atoms with van der Waals surface area (Å²) in [6.07, 6.45) is 0.0368. The number of hydrogen-bond acceptors (Lipinski definition) is 3. The van der Waals surface area contributed by atoms with Gasteiger partial charge in [0, 0.05) is 10.8 Å². The van der Waals surface area contributed by atoms with Crippen LogP contribution in [0.1, 0.15) is 35.3 Å². The van der Waals surface area contributed by atoms with E-state index in [-0.39, 0.29) is 6.42 Å². The maximum absolute atomic E-state index is 10.5.